The summed E-state index contributed by atoms with van der Waals surface area (Å²) < 4.78 is 4.70. The van der Waals surface area contributed by atoms with Crippen LogP contribution in [0.25, 0.3) is 0 Å². The van der Waals surface area contributed by atoms with Crippen molar-refractivity contribution in [2.24, 2.45) is 0 Å². The van der Waals surface area contributed by atoms with E-state index in [4.69, 9.17) is 4.74 Å². The van der Waals surface area contributed by atoms with Crippen molar-refractivity contribution in [2.45, 2.75) is 6.92 Å². The minimum absolute atomic E-state index is 0.226. The zero-order chi connectivity index (χ0) is 13.0. The number of piperazine rings is 1. The van der Waals surface area contributed by atoms with Crippen LogP contribution in [-0.4, -0.2) is 54.5 Å². The Kier molecular flexibility index (Phi) is 4.14. The van der Waals surface area contributed by atoms with E-state index in [0.29, 0.717) is 26.2 Å². The lowest BCUT2D eigenvalue weighted by Gasteiger charge is -2.33. The maximum atomic E-state index is 11.7. The molecule has 18 heavy (non-hydrogen) atoms. The summed E-state index contributed by atoms with van der Waals surface area (Å²) in [6, 6.07) is 0. The number of thiazole rings is 1. The van der Waals surface area contributed by atoms with Gasteiger partial charge in [-0.05, 0) is 6.92 Å². The SMILES string of the molecule is CCOC(=O)C(=O)N1CCN(c2nccs2)CC1. The van der Waals surface area contributed by atoms with Gasteiger partial charge in [0.15, 0.2) is 5.13 Å². The first kappa shape index (κ1) is 12.8. The Balaban J connectivity index is 1.87. The number of carbonyl (C=O) groups is 2. The minimum Gasteiger partial charge on any atom is -0.459 e. The van der Waals surface area contributed by atoms with Crippen molar-refractivity contribution in [3.05, 3.63) is 11.6 Å². The van der Waals surface area contributed by atoms with E-state index < -0.39 is 11.9 Å². The monoisotopic (exact) mass is 269 g/mol. The summed E-state index contributed by atoms with van der Waals surface area (Å²) in [7, 11) is 0. The van der Waals surface area contributed by atoms with Gasteiger partial charge >= 0.3 is 11.9 Å². The molecular formula is C11H15N3O3S. The number of aromatic nitrogens is 1. The first-order valence-electron chi connectivity index (χ1n) is 5.83. The molecule has 2 heterocycles. The molecule has 98 valence electrons. The molecule has 0 aromatic carbocycles. The molecule has 0 radical (unpaired) electrons. The van der Waals surface area contributed by atoms with Crippen molar-refractivity contribution in [1.29, 1.82) is 0 Å². The van der Waals surface area contributed by atoms with Crippen molar-refractivity contribution in [1.82, 2.24) is 9.88 Å². The molecule has 0 spiro atoms. The fourth-order valence-electron chi connectivity index (χ4n) is 1.79. The van der Waals surface area contributed by atoms with Gasteiger partial charge in [0.05, 0.1) is 6.61 Å². The van der Waals surface area contributed by atoms with Crippen molar-refractivity contribution in [3.8, 4) is 0 Å². The molecule has 7 heteroatoms. The molecule has 1 amide bonds. The molecule has 0 atom stereocenters. The second-order valence-electron chi connectivity index (χ2n) is 3.81. The molecule has 1 aliphatic rings. The highest BCUT2D eigenvalue weighted by molar-refractivity contribution is 7.13. The molecule has 2 rings (SSSR count). The number of amides is 1. The predicted molar refractivity (Wildman–Crippen MR) is 67.5 cm³/mol. The third-order valence-electron chi connectivity index (χ3n) is 2.71. The van der Waals surface area contributed by atoms with Crippen molar-refractivity contribution < 1.29 is 14.3 Å². The molecule has 6 nitrogen and oxygen atoms in total. The lowest BCUT2D eigenvalue weighted by molar-refractivity contribution is -0.160. The Bertz CT molecular complexity index is 413. The van der Waals surface area contributed by atoms with Gasteiger partial charge in [-0.3, -0.25) is 4.79 Å². The van der Waals surface area contributed by atoms with E-state index in [1.54, 1.807) is 24.5 Å². The van der Waals surface area contributed by atoms with Gasteiger partial charge in [-0.1, -0.05) is 0 Å². The van der Waals surface area contributed by atoms with Crippen LogP contribution in [0, 0.1) is 0 Å². The highest BCUT2D eigenvalue weighted by Crippen LogP contribution is 2.18. The molecule has 0 N–H and O–H groups in total. The first-order valence-corrected chi connectivity index (χ1v) is 6.70. The van der Waals surface area contributed by atoms with Gasteiger partial charge in [-0.15, -0.1) is 11.3 Å². The number of anilines is 1. The number of rotatable bonds is 2. The van der Waals surface area contributed by atoms with Crippen LogP contribution in [0.15, 0.2) is 11.6 Å². The minimum atomic E-state index is -0.764. The molecule has 0 bridgehead atoms. The molecule has 0 unspecified atom stereocenters. The smallest absolute Gasteiger partial charge is 0.397 e. The van der Waals surface area contributed by atoms with Crippen LogP contribution in [0.1, 0.15) is 6.92 Å². The summed E-state index contributed by atoms with van der Waals surface area (Å²) in [6.07, 6.45) is 1.76. The van der Waals surface area contributed by atoms with Crippen LogP contribution in [0.3, 0.4) is 0 Å². The summed E-state index contributed by atoms with van der Waals surface area (Å²) in [5.41, 5.74) is 0. The Morgan fingerprint density at radius 1 is 1.39 bits per heavy atom. The lowest BCUT2D eigenvalue weighted by Crippen LogP contribution is -2.51. The van der Waals surface area contributed by atoms with Crippen LogP contribution in [0.4, 0.5) is 5.13 Å². The number of ether oxygens (including phenoxy) is 1. The molecule has 1 aliphatic heterocycles. The largest absolute Gasteiger partial charge is 0.459 e. The van der Waals surface area contributed by atoms with E-state index in [0.717, 1.165) is 5.13 Å². The van der Waals surface area contributed by atoms with Crippen LogP contribution in [0.2, 0.25) is 0 Å². The number of nitrogens with zero attached hydrogens (tertiary/aromatic N) is 3. The Morgan fingerprint density at radius 2 is 2.11 bits per heavy atom. The second-order valence-corrected chi connectivity index (χ2v) is 4.69. The maximum absolute atomic E-state index is 11.7. The quantitative estimate of drug-likeness (QED) is 0.573. The second kappa shape index (κ2) is 5.81. The van der Waals surface area contributed by atoms with E-state index in [1.165, 1.54) is 4.90 Å². The third kappa shape index (κ3) is 2.79. The van der Waals surface area contributed by atoms with Crippen LogP contribution >= 0.6 is 11.3 Å². The molecule has 0 saturated carbocycles. The zero-order valence-corrected chi connectivity index (χ0v) is 11.0. The fraction of sp³-hybridized carbons (Fsp3) is 0.545. The molecule has 1 aromatic rings. The van der Waals surface area contributed by atoms with Crippen LogP contribution < -0.4 is 4.90 Å². The Morgan fingerprint density at radius 3 is 2.67 bits per heavy atom. The lowest BCUT2D eigenvalue weighted by atomic mass is 10.3. The average molecular weight is 269 g/mol. The topological polar surface area (TPSA) is 62.7 Å². The first-order chi connectivity index (χ1) is 8.72. The number of hydrogen-bond donors (Lipinski definition) is 0. The van der Waals surface area contributed by atoms with Gasteiger partial charge in [0, 0.05) is 37.8 Å². The summed E-state index contributed by atoms with van der Waals surface area (Å²) in [5, 5.41) is 2.88. The van der Waals surface area contributed by atoms with E-state index in [-0.39, 0.29) is 6.61 Å². The third-order valence-corrected chi connectivity index (χ3v) is 3.54. The van der Waals surface area contributed by atoms with Gasteiger partial charge in [0.25, 0.3) is 0 Å². The number of carbonyl (C=O) groups excluding carboxylic acids is 2. The molecule has 1 aromatic heterocycles. The van der Waals surface area contributed by atoms with E-state index in [1.807, 2.05) is 5.38 Å². The van der Waals surface area contributed by atoms with Gasteiger partial charge in [0.2, 0.25) is 0 Å². The summed E-state index contributed by atoms with van der Waals surface area (Å²) in [5.74, 6) is -1.31. The highest BCUT2D eigenvalue weighted by Gasteiger charge is 2.27. The van der Waals surface area contributed by atoms with Crippen molar-refractivity contribution in [2.75, 3.05) is 37.7 Å². The standard InChI is InChI=1S/C11H15N3O3S/c1-2-17-10(16)9(15)13-4-6-14(7-5-13)11-12-3-8-18-11/h3,8H,2,4-7H2,1H3. The van der Waals surface area contributed by atoms with Gasteiger partial charge < -0.3 is 14.5 Å². The molecule has 1 saturated heterocycles. The van der Waals surface area contributed by atoms with E-state index in [9.17, 15) is 9.59 Å². The van der Waals surface area contributed by atoms with E-state index in [2.05, 4.69) is 9.88 Å². The van der Waals surface area contributed by atoms with E-state index >= 15 is 0 Å². The summed E-state index contributed by atoms with van der Waals surface area (Å²) in [4.78, 5) is 30.9. The Hall–Kier alpha value is -1.63. The van der Waals surface area contributed by atoms with Gasteiger partial charge in [0.1, 0.15) is 0 Å². The average Bonchev–Trinajstić information content (AvgIpc) is 2.92. The maximum Gasteiger partial charge on any atom is 0.397 e. The fourth-order valence-corrected chi connectivity index (χ4v) is 2.49. The summed E-state index contributed by atoms with van der Waals surface area (Å²) in [6.45, 7) is 4.35. The van der Waals surface area contributed by atoms with Crippen LogP contribution in [0.5, 0.6) is 0 Å². The summed E-state index contributed by atoms with van der Waals surface area (Å²) >= 11 is 1.57. The normalized spacial score (nSPS) is 15.6. The zero-order valence-electron chi connectivity index (χ0n) is 10.2. The Labute approximate surface area is 109 Å². The van der Waals surface area contributed by atoms with Crippen molar-refractivity contribution in [3.63, 3.8) is 0 Å². The number of hydrogen-bond acceptors (Lipinski definition) is 6. The van der Waals surface area contributed by atoms with Gasteiger partial charge in [-0.2, -0.15) is 0 Å². The van der Waals surface area contributed by atoms with Crippen molar-refractivity contribution >= 4 is 28.3 Å². The molecular weight excluding hydrogens is 254 g/mol. The molecule has 1 fully saturated rings. The predicted octanol–water partition coefficient (Wildman–Crippen LogP) is 0.355. The van der Waals surface area contributed by atoms with Crippen LogP contribution in [-0.2, 0) is 14.3 Å². The number of esters is 1. The van der Waals surface area contributed by atoms with Gasteiger partial charge in [-0.25, -0.2) is 9.78 Å². The highest BCUT2D eigenvalue weighted by atomic mass is 32.1. The molecule has 0 aliphatic carbocycles.